The number of nitrogens with zero attached hydrogens (tertiary/aromatic N) is 2. The van der Waals surface area contributed by atoms with Crippen LogP contribution in [0.2, 0.25) is 0 Å². The van der Waals surface area contributed by atoms with Crippen LogP contribution >= 0.6 is 0 Å². The van der Waals surface area contributed by atoms with Crippen molar-refractivity contribution in [3.63, 3.8) is 0 Å². The molecule has 1 aromatic carbocycles. The number of carbonyl (C=O) groups is 2. The van der Waals surface area contributed by atoms with Gasteiger partial charge in [-0.25, -0.2) is 0 Å². The van der Waals surface area contributed by atoms with Crippen molar-refractivity contribution in [1.82, 2.24) is 9.47 Å². The minimum absolute atomic E-state index is 0.00117. The Balaban J connectivity index is 1.52. The van der Waals surface area contributed by atoms with E-state index in [2.05, 4.69) is 40.0 Å². The van der Waals surface area contributed by atoms with Crippen LogP contribution in [0.5, 0.6) is 0 Å². The van der Waals surface area contributed by atoms with Gasteiger partial charge in [0, 0.05) is 55.2 Å². The Bertz CT molecular complexity index is 733. The van der Waals surface area contributed by atoms with Gasteiger partial charge in [-0.15, -0.1) is 0 Å². The van der Waals surface area contributed by atoms with E-state index in [1.165, 1.54) is 12.6 Å². The minimum atomic E-state index is -0.00117. The fourth-order valence-corrected chi connectivity index (χ4v) is 3.19. The monoisotopic (exact) mass is 325 g/mol. The highest BCUT2D eigenvalue weighted by Gasteiger charge is 2.23. The minimum Gasteiger partial charge on any atom is -0.349 e. The lowest BCUT2D eigenvalue weighted by Gasteiger charge is -2.34. The molecule has 0 saturated carbocycles. The summed E-state index contributed by atoms with van der Waals surface area (Å²) in [7, 11) is 0. The fraction of sp³-hybridized carbons (Fsp3) is 0.368. The highest BCUT2D eigenvalue weighted by molar-refractivity contribution is 5.95. The number of aromatic nitrogens is 1. The summed E-state index contributed by atoms with van der Waals surface area (Å²) in [6.45, 7) is 6.39. The smallest absolute Gasteiger partial charge is 0.225 e. The van der Waals surface area contributed by atoms with Gasteiger partial charge >= 0.3 is 0 Å². The van der Waals surface area contributed by atoms with E-state index in [-0.39, 0.29) is 11.7 Å². The SMILES string of the molecule is CC(=O)c1ccc(NC(=O)CCN2CCn3cccc3[C@H]2C)cc1. The van der Waals surface area contributed by atoms with Crippen LogP contribution in [0.4, 0.5) is 5.69 Å². The number of hydrogen-bond acceptors (Lipinski definition) is 3. The number of anilines is 1. The van der Waals surface area contributed by atoms with Gasteiger partial charge in [0.15, 0.2) is 5.78 Å². The molecule has 1 atom stereocenters. The molecule has 126 valence electrons. The van der Waals surface area contributed by atoms with Gasteiger partial charge in [0.2, 0.25) is 5.91 Å². The standard InChI is InChI=1S/C19H23N3O2/c1-14-18-4-3-10-22(18)13-12-21(14)11-9-19(24)20-17-7-5-16(6-8-17)15(2)23/h3-8,10,14H,9,11-13H2,1-2H3,(H,20,24)/t14-/m1/s1. The summed E-state index contributed by atoms with van der Waals surface area (Å²) in [5, 5.41) is 2.89. The van der Waals surface area contributed by atoms with E-state index in [9.17, 15) is 9.59 Å². The van der Waals surface area contributed by atoms with Crippen LogP contribution in [0.3, 0.4) is 0 Å². The molecule has 1 aliphatic rings. The second-order valence-electron chi connectivity index (χ2n) is 6.27. The summed E-state index contributed by atoms with van der Waals surface area (Å²) >= 11 is 0. The van der Waals surface area contributed by atoms with Gasteiger partial charge in [-0.05, 0) is 50.2 Å². The second-order valence-corrected chi connectivity index (χ2v) is 6.27. The highest BCUT2D eigenvalue weighted by Crippen LogP contribution is 2.25. The molecule has 0 spiro atoms. The van der Waals surface area contributed by atoms with E-state index in [0.717, 1.165) is 25.3 Å². The molecule has 0 unspecified atom stereocenters. The van der Waals surface area contributed by atoms with E-state index in [4.69, 9.17) is 0 Å². The van der Waals surface area contributed by atoms with Gasteiger partial charge in [0.25, 0.3) is 0 Å². The van der Waals surface area contributed by atoms with E-state index in [1.807, 2.05) is 0 Å². The van der Waals surface area contributed by atoms with Crippen molar-refractivity contribution in [3.8, 4) is 0 Å². The number of ketones is 1. The topological polar surface area (TPSA) is 54.3 Å². The van der Waals surface area contributed by atoms with Gasteiger partial charge in [0.1, 0.15) is 0 Å². The molecule has 5 nitrogen and oxygen atoms in total. The van der Waals surface area contributed by atoms with Gasteiger partial charge < -0.3 is 9.88 Å². The molecule has 24 heavy (non-hydrogen) atoms. The molecule has 2 aromatic rings. The average molecular weight is 325 g/mol. The summed E-state index contributed by atoms with van der Waals surface area (Å²) in [4.78, 5) is 25.8. The van der Waals surface area contributed by atoms with E-state index in [1.54, 1.807) is 24.3 Å². The highest BCUT2D eigenvalue weighted by atomic mass is 16.1. The number of Topliss-reactive ketones (excluding diaryl/α,β-unsaturated/α-hetero) is 1. The lowest BCUT2D eigenvalue weighted by molar-refractivity contribution is -0.116. The maximum absolute atomic E-state index is 12.2. The predicted octanol–water partition coefficient (Wildman–Crippen LogP) is 3.10. The van der Waals surface area contributed by atoms with Crippen LogP contribution in [-0.4, -0.2) is 34.2 Å². The molecule has 0 fully saturated rings. The zero-order chi connectivity index (χ0) is 17.1. The Kier molecular flexibility index (Phi) is 4.81. The number of benzene rings is 1. The van der Waals surface area contributed by atoms with Gasteiger partial charge in [-0.1, -0.05) is 0 Å². The lowest BCUT2D eigenvalue weighted by atomic mass is 10.1. The molecule has 1 N–H and O–H groups in total. The van der Waals surface area contributed by atoms with Crippen LogP contribution < -0.4 is 5.32 Å². The molecule has 1 aliphatic heterocycles. The first-order chi connectivity index (χ1) is 11.5. The Morgan fingerprint density at radius 1 is 1.17 bits per heavy atom. The molecular weight excluding hydrogens is 302 g/mol. The Morgan fingerprint density at radius 2 is 1.92 bits per heavy atom. The normalized spacial score (nSPS) is 17.3. The summed E-state index contributed by atoms with van der Waals surface area (Å²) in [5.74, 6) is 0.0236. The van der Waals surface area contributed by atoms with Crippen LogP contribution in [-0.2, 0) is 11.3 Å². The first-order valence-corrected chi connectivity index (χ1v) is 8.34. The molecule has 3 rings (SSSR count). The summed E-state index contributed by atoms with van der Waals surface area (Å²) < 4.78 is 2.28. The number of rotatable bonds is 5. The molecule has 0 bridgehead atoms. The third-order valence-electron chi connectivity index (χ3n) is 4.67. The van der Waals surface area contributed by atoms with Crippen molar-refractivity contribution in [2.24, 2.45) is 0 Å². The number of nitrogens with one attached hydrogen (secondary N) is 1. The molecule has 1 aromatic heterocycles. The van der Waals surface area contributed by atoms with Crippen molar-refractivity contribution >= 4 is 17.4 Å². The van der Waals surface area contributed by atoms with Gasteiger partial charge in [-0.2, -0.15) is 0 Å². The van der Waals surface area contributed by atoms with Crippen LogP contribution in [0.25, 0.3) is 0 Å². The van der Waals surface area contributed by atoms with Crippen LogP contribution in [0.15, 0.2) is 42.6 Å². The quantitative estimate of drug-likeness (QED) is 0.860. The second kappa shape index (κ2) is 7.01. The van der Waals surface area contributed by atoms with E-state index in [0.29, 0.717) is 18.0 Å². The van der Waals surface area contributed by atoms with Crippen molar-refractivity contribution in [3.05, 3.63) is 53.9 Å². The number of fused-ring (bicyclic) bond motifs is 1. The first-order valence-electron chi connectivity index (χ1n) is 8.34. The maximum Gasteiger partial charge on any atom is 0.225 e. The van der Waals surface area contributed by atoms with Gasteiger partial charge in [0.05, 0.1) is 0 Å². The van der Waals surface area contributed by atoms with Crippen molar-refractivity contribution < 1.29 is 9.59 Å². The number of amides is 1. The van der Waals surface area contributed by atoms with Crippen molar-refractivity contribution in [2.45, 2.75) is 32.9 Å². The maximum atomic E-state index is 12.2. The Hall–Kier alpha value is -2.40. The molecule has 2 heterocycles. The number of carbonyl (C=O) groups excluding carboxylic acids is 2. The molecule has 0 radical (unpaired) electrons. The third kappa shape index (κ3) is 3.57. The van der Waals surface area contributed by atoms with Crippen LogP contribution in [0.1, 0.15) is 42.4 Å². The summed E-state index contributed by atoms with van der Waals surface area (Å²) in [6, 6.07) is 11.6. The molecular formula is C19H23N3O2. The third-order valence-corrected chi connectivity index (χ3v) is 4.67. The Labute approximate surface area is 142 Å². The van der Waals surface area contributed by atoms with Gasteiger partial charge in [-0.3, -0.25) is 14.5 Å². The molecule has 1 amide bonds. The van der Waals surface area contributed by atoms with Crippen molar-refractivity contribution in [1.29, 1.82) is 0 Å². The number of hydrogen-bond donors (Lipinski definition) is 1. The predicted molar refractivity (Wildman–Crippen MR) is 94.1 cm³/mol. The van der Waals surface area contributed by atoms with Crippen molar-refractivity contribution in [2.75, 3.05) is 18.4 Å². The summed E-state index contributed by atoms with van der Waals surface area (Å²) in [6.07, 6.45) is 2.57. The summed E-state index contributed by atoms with van der Waals surface area (Å²) in [5.41, 5.74) is 2.69. The lowest BCUT2D eigenvalue weighted by Crippen LogP contribution is -2.38. The Morgan fingerprint density at radius 3 is 2.62 bits per heavy atom. The molecule has 0 aliphatic carbocycles. The zero-order valence-electron chi connectivity index (χ0n) is 14.2. The average Bonchev–Trinajstić information content (AvgIpc) is 3.04. The molecule has 0 saturated heterocycles. The molecule has 5 heteroatoms. The zero-order valence-corrected chi connectivity index (χ0v) is 14.2. The first kappa shape index (κ1) is 16.5. The largest absolute Gasteiger partial charge is 0.349 e. The van der Waals surface area contributed by atoms with E-state index >= 15 is 0 Å². The van der Waals surface area contributed by atoms with Crippen LogP contribution in [0, 0.1) is 0 Å². The van der Waals surface area contributed by atoms with E-state index < -0.39 is 0 Å². The fourth-order valence-electron chi connectivity index (χ4n) is 3.19.